The topological polar surface area (TPSA) is 56.0 Å². The van der Waals surface area contributed by atoms with Crippen LogP contribution < -0.4 is 9.80 Å². The van der Waals surface area contributed by atoms with E-state index in [2.05, 4.69) is 23.3 Å². The third-order valence-corrected chi connectivity index (χ3v) is 6.15. The van der Waals surface area contributed by atoms with Crippen LogP contribution in [0.4, 0.5) is 5.69 Å². The molecule has 30 heavy (non-hydrogen) atoms. The van der Waals surface area contributed by atoms with Gasteiger partial charge in [-0.25, -0.2) is 0 Å². The van der Waals surface area contributed by atoms with E-state index in [0.717, 1.165) is 54.4 Å². The van der Waals surface area contributed by atoms with Gasteiger partial charge in [0.2, 0.25) is 5.78 Å². The minimum absolute atomic E-state index is 0.0882. The molecule has 1 saturated heterocycles. The molecule has 1 N–H and O–H groups in total. The Bertz CT molecular complexity index is 893. The highest BCUT2D eigenvalue weighted by Crippen LogP contribution is 2.21. The lowest BCUT2D eigenvalue weighted by Gasteiger charge is -2.33. The Balaban J connectivity index is 1.59. The van der Waals surface area contributed by atoms with Gasteiger partial charge in [0.05, 0.1) is 38.8 Å². The first-order valence-electron chi connectivity index (χ1n) is 10.7. The molecule has 0 aliphatic carbocycles. The van der Waals surface area contributed by atoms with Crippen molar-refractivity contribution in [2.45, 2.75) is 33.7 Å². The largest absolute Gasteiger partial charge is 0.383 e. The summed E-state index contributed by atoms with van der Waals surface area (Å²) in [5.74, 6) is 0.304. The number of aryl methyl sites for hydroxylation is 1. The van der Waals surface area contributed by atoms with E-state index in [0.29, 0.717) is 13.2 Å². The van der Waals surface area contributed by atoms with Crippen molar-refractivity contribution in [3.8, 4) is 0 Å². The lowest BCUT2D eigenvalue weighted by molar-refractivity contribution is -0.892. The van der Waals surface area contributed by atoms with Crippen LogP contribution in [0.15, 0.2) is 30.3 Å². The Morgan fingerprint density at radius 3 is 2.33 bits per heavy atom. The van der Waals surface area contributed by atoms with Crippen LogP contribution in [0.1, 0.15) is 52.0 Å². The fraction of sp³-hybridized carbons (Fsp3) is 0.500. The molecule has 1 aromatic carbocycles. The molecule has 6 heteroatoms. The van der Waals surface area contributed by atoms with E-state index < -0.39 is 0 Å². The number of nitrogens with one attached hydrogen (secondary N) is 1. The van der Waals surface area contributed by atoms with Crippen LogP contribution in [-0.4, -0.2) is 62.6 Å². The Morgan fingerprint density at radius 1 is 1.13 bits per heavy atom. The first-order chi connectivity index (χ1) is 14.3. The molecule has 162 valence electrons. The standard InChI is InChI=1S/C24H33N3O3/c1-17-14-23(19(3)27(17)18(2)16-30-5)24(29)15-25-10-12-26(13-11-25)22-8-6-21(7-9-22)20(4)28/h6-9,14,18H,10-13,15-16H2,1-5H3/p+1/t18-/m1/s1. The van der Waals surface area contributed by atoms with E-state index in [4.69, 9.17) is 4.74 Å². The molecule has 0 unspecified atom stereocenters. The zero-order valence-corrected chi connectivity index (χ0v) is 18.8. The Kier molecular flexibility index (Phi) is 7.10. The van der Waals surface area contributed by atoms with Gasteiger partial charge in [0.15, 0.2) is 5.78 Å². The summed E-state index contributed by atoms with van der Waals surface area (Å²) in [5.41, 5.74) is 4.86. The van der Waals surface area contributed by atoms with Crippen LogP contribution in [0.3, 0.4) is 0 Å². The monoisotopic (exact) mass is 412 g/mol. The number of hydrogen-bond acceptors (Lipinski definition) is 4. The number of anilines is 1. The van der Waals surface area contributed by atoms with Gasteiger partial charge in [0, 0.05) is 35.3 Å². The zero-order chi connectivity index (χ0) is 21.8. The zero-order valence-electron chi connectivity index (χ0n) is 18.8. The molecule has 0 saturated carbocycles. The predicted molar refractivity (Wildman–Crippen MR) is 119 cm³/mol. The highest BCUT2D eigenvalue weighted by atomic mass is 16.5. The van der Waals surface area contributed by atoms with Crippen molar-refractivity contribution >= 4 is 17.3 Å². The summed E-state index contributed by atoms with van der Waals surface area (Å²) in [6.07, 6.45) is 0. The fourth-order valence-electron chi connectivity index (χ4n) is 4.54. The number of rotatable bonds is 8. The number of ketones is 2. The Hall–Kier alpha value is -2.44. The lowest BCUT2D eigenvalue weighted by Crippen LogP contribution is -3.15. The van der Waals surface area contributed by atoms with Gasteiger partial charge < -0.3 is 19.1 Å². The highest BCUT2D eigenvalue weighted by molar-refractivity contribution is 5.98. The second kappa shape index (κ2) is 9.58. The second-order valence-corrected chi connectivity index (χ2v) is 8.40. The number of aromatic nitrogens is 1. The lowest BCUT2D eigenvalue weighted by atomic mass is 10.1. The van der Waals surface area contributed by atoms with E-state index in [-0.39, 0.29) is 17.6 Å². The molecule has 1 fully saturated rings. The average Bonchev–Trinajstić information content (AvgIpc) is 3.03. The van der Waals surface area contributed by atoms with Gasteiger partial charge in [0.1, 0.15) is 6.54 Å². The second-order valence-electron chi connectivity index (χ2n) is 8.40. The van der Waals surface area contributed by atoms with E-state index in [1.54, 1.807) is 14.0 Å². The number of ether oxygens (including phenoxy) is 1. The smallest absolute Gasteiger partial charge is 0.218 e. The van der Waals surface area contributed by atoms with Crippen LogP contribution in [-0.2, 0) is 4.74 Å². The van der Waals surface area contributed by atoms with Gasteiger partial charge in [-0.1, -0.05) is 0 Å². The van der Waals surface area contributed by atoms with E-state index in [1.165, 1.54) is 4.90 Å². The average molecular weight is 413 g/mol. The van der Waals surface area contributed by atoms with Crippen molar-refractivity contribution in [3.63, 3.8) is 0 Å². The molecular formula is C24H34N3O3+. The van der Waals surface area contributed by atoms with Crippen LogP contribution in [0.5, 0.6) is 0 Å². The summed E-state index contributed by atoms with van der Waals surface area (Å²) in [4.78, 5) is 28.1. The number of methoxy groups -OCH3 is 1. The summed E-state index contributed by atoms with van der Waals surface area (Å²) in [6.45, 7) is 12.6. The Labute approximate surface area is 179 Å². The fourth-order valence-corrected chi connectivity index (χ4v) is 4.54. The van der Waals surface area contributed by atoms with Gasteiger partial charge in [-0.15, -0.1) is 0 Å². The summed E-state index contributed by atoms with van der Waals surface area (Å²) in [5, 5.41) is 0. The van der Waals surface area contributed by atoms with Crippen molar-refractivity contribution in [3.05, 3.63) is 52.8 Å². The molecule has 0 spiro atoms. The third kappa shape index (κ3) is 4.82. The van der Waals surface area contributed by atoms with Crippen LogP contribution in [0.2, 0.25) is 0 Å². The third-order valence-electron chi connectivity index (χ3n) is 6.15. The molecule has 1 aliphatic heterocycles. The van der Waals surface area contributed by atoms with Crippen molar-refractivity contribution in [1.82, 2.24) is 4.57 Å². The summed E-state index contributed by atoms with van der Waals surface area (Å²) in [7, 11) is 1.71. The summed E-state index contributed by atoms with van der Waals surface area (Å²) in [6, 6.07) is 10.0. The van der Waals surface area contributed by atoms with Crippen molar-refractivity contribution in [2.24, 2.45) is 0 Å². The number of carbonyl (C=O) groups excluding carboxylic acids is 2. The van der Waals surface area contributed by atoms with Gasteiger partial charge in [-0.05, 0) is 58.0 Å². The molecule has 2 heterocycles. The van der Waals surface area contributed by atoms with Crippen LogP contribution in [0, 0.1) is 13.8 Å². The normalized spacial score (nSPS) is 16.0. The summed E-state index contributed by atoms with van der Waals surface area (Å²) >= 11 is 0. The van der Waals surface area contributed by atoms with Crippen LogP contribution >= 0.6 is 0 Å². The summed E-state index contributed by atoms with van der Waals surface area (Å²) < 4.78 is 7.50. The number of nitrogens with zero attached hydrogens (tertiary/aromatic N) is 2. The molecule has 1 aromatic heterocycles. The Morgan fingerprint density at radius 2 is 1.77 bits per heavy atom. The molecule has 1 aliphatic rings. The number of carbonyl (C=O) groups is 2. The maximum Gasteiger partial charge on any atom is 0.218 e. The molecule has 2 aromatic rings. The van der Waals surface area contributed by atoms with Gasteiger partial charge >= 0.3 is 0 Å². The van der Waals surface area contributed by atoms with E-state index in [1.807, 2.05) is 37.3 Å². The van der Waals surface area contributed by atoms with Gasteiger partial charge in [-0.3, -0.25) is 9.59 Å². The SMILES string of the molecule is COC[C@@H](C)n1c(C)cc(C(=O)C[NH+]2CCN(c3ccc(C(C)=O)cc3)CC2)c1C. The van der Waals surface area contributed by atoms with Crippen molar-refractivity contribution < 1.29 is 19.2 Å². The first kappa shape index (κ1) is 22.2. The molecule has 0 amide bonds. The van der Waals surface area contributed by atoms with Gasteiger partial charge in [0.25, 0.3) is 0 Å². The number of benzene rings is 1. The number of Topliss-reactive ketones (excluding diaryl/α,β-unsaturated/α-hetero) is 2. The van der Waals surface area contributed by atoms with Crippen LogP contribution in [0.25, 0.3) is 0 Å². The number of hydrogen-bond donors (Lipinski definition) is 1. The molecule has 0 radical (unpaired) electrons. The minimum Gasteiger partial charge on any atom is -0.383 e. The van der Waals surface area contributed by atoms with Crippen molar-refractivity contribution in [1.29, 1.82) is 0 Å². The maximum absolute atomic E-state index is 13.0. The van der Waals surface area contributed by atoms with Crippen molar-refractivity contribution in [2.75, 3.05) is 51.3 Å². The molecule has 6 nitrogen and oxygen atoms in total. The number of quaternary nitrogens is 1. The quantitative estimate of drug-likeness (QED) is 0.675. The number of piperazine rings is 1. The van der Waals surface area contributed by atoms with E-state index in [9.17, 15) is 9.59 Å². The maximum atomic E-state index is 13.0. The molecule has 0 bridgehead atoms. The van der Waals surface area contributed by atoms with E-state index >= 15 is 0 Å². The molecule has 3 rings (SSSR count). The highest BCUT2D eigenvalue weighted by Gasteiger charge is 2.25. The molecule has 1 atom stereocenters. The molecular weight excluding hydrogens is 378 g/mol. The minimum atomic E-state index is 0.0882. The van der Waals surface area contributed by atoms with Gasteiger partial charge in [-0.2, -0.15) is 0 Å². The predicted octanol–water partition coefficient (Wildman–Crippen LogP) is 2.10. The first-order valence-corrected chi connectivity index (χ1v) is 10.7.